The van der Waals surface area contributed by atoms with Crippen LogP contribution in [0.1, 0.15) is 39.0 Å². The number of hydrogen-bond donors (Lipinski definition) is 0. The SMILES string of the molecule is CCCC#CC1(N=C=S)CCC1. The Balaban J connectivity index is 2.57. The van der Waals surface area contributed by atoms with Gasteiger partial charge in [-0.3, -0.25) is 0 Å². The summed E-state index contributed by atoms with van der Waals surface area (Å²) >= 11 is 4.59. The highest BCUT2D eigenvalue weighted by Gasteiger charge is 2.34. The molecule has 2 heteroatoms. The lowest BCUT2D eigenvalue weighted by Crippen LogP contribution is -2.32. The highest BCUT2D eigenvalue weighted by molar-refractivity contribution is 7.78. The van der Waals surface area contributed by atoms with Crippen LogP contribution in [0.15, 0.2) is 4.99 Å². The summed E-state index contributed by atoms with van der Waals surface area (Å²) in [4.78, 5) is 4.12. The molecule has 0 unspecified atom stereocenters. The third-order valence-corrected chi connectivity index (χ3v) is 2.23. The van der Waals surface area contributed by atoms with Gasteiger partial charge < -0.3 is 0 Å². The second-order valence-corrected chi connectivity index (χ2v) is 3.32. The summed E-state index contributed by atoms with van der Waals surface area (Å²) in [7, 11) is 0. The first-order chi connectivity index (χ1) is 5.83. The molecule has 0 aromatic rings. The number of nitrogens with zero attached hydrogens (tertiary/aromatic N) is 1. The summed E-state index contributed by atoms with van der Waals surface area (Å²) in [6.45, 7) is 2.13. The Morgan fingerprint density at radius 3 is 2.67 bits per heavy atom. The molecule has 0 aliphatic heterocycles. The van der Waals surface area contributed by atoms with Gasteiger partial charge in [-0.2, -0.15) is 0 Å². The molecule has 0 aromatic heterocycles. The number of rotatable bonds is 2. The molecule has 1 fully saturated rings. The second-order valence-electron chi connectivity index (χ2n) is 3.14. The minimum atomic E-state index is -0.128. The molecule has 0 spiro atoms. The number of thiocarbonyl (C=S) groups is 1. The lowest BCUT2D eigenvalue weighted by molar-refractivity contribution is 0.335. The number of hydrogen-bond acceptors (Lipinski definition) is 2. The second kappa shape index (κ2) is 4.40. The van der Waals surface area contributed by atoms with Gasteiger partial charge in [0.2, 0.25) is 0 Å². The van der Waals surface area contributed by atoms with Crippen molar-refractivity contribution in [1.29, 1.82) is 0 Å². The van der Waals surface area contributed by atoms with Gasteiger partial charge in [-0.1, -0.05) is 12.8 Å². The summed E-state index contributed by atoms with van der Waals surface area (Å²) in [6.07, 6.45) is 5.43. The van der Waals surface area contributed by atoms with E-state index in [-0.39, 0.29) is 5.54 Å². The van der Waals surface area contributed by atoms with Crippen molar-refractivity contribution in [3.8, 4) is 11.8 Å². The Bertz CT molecular complexity index is 249. The highest BCUT2D eigenvalue weighted by Crippen LogP contribution is 2.34. The van der Waals surface area contributed by atoms with Crippen LogP contribution >= 0.6 is 12.2 Å². The Morgan fingerprint density at radius 2 is 2.25 bits per heavy atom. The van der Waals surface area contributed by atoms with E-state index in [9.17, 15) is 0 Å². The molecule has 12 heavy (non-hydrogen) atoms. The smallest absolute Gasteiger partial charge is 0.131 e. The van der Waals surface area contributed by atoms with Gasteiger partial charge in [0.05, 0.1) is 5.16 Å². The molecular weight excluding hydrogens is 166 g/mol. The van der Waals surface area contributed by atoms with Gasteiger partial charge in [0.1, 0.15) is 5.54 Å². The molecule has 0 saturated heterocycles. The molecule has 64 valence electrons. The van der Waals surface area contributed by atoms with Crippen LogP contribution in [0.2, 0.25) is 0 Å². The van der Waals surface area contributed by atoms with Crippen LogP contribution in [0, 0.1) is 11.8 Å². The Kier molecular flexibility index (Phi) is 3.47. The molecule has 0 bridgehead atoms. The predicted octanol–water partition coefficient (Wildman–Crippen LogP) is 2.82. The molecule has 0 atom stereocenters. The van der Waals surface area contributed by atoms with Crippen molar-refractivity contribution >= 4 is 17.4 Å². The van der Waals surface area contributed by atoms with Gasteiger partial charge >= 0.3 is 0 Å². The average molecular weight is 179 g/mol. The van der Waals surface area contributed by atoms with E-state index in [1.54, 1.807) is 0 Å². The standard InChI is InChI=1S/C10H13NS/c1-2-3-4-6-10(11-9-12)7-5-8-10/h2-3,5,7-8H2,1H3. The van der Waals surface area contributed by atoms with E-state index in [0.717, 1.165) is 25.7 Å². The monoisotopic (exact) mass is 179 g/mol. The van der Waals surface area contributed by atoms with Crippen molar-refractivity contribution < 1.29 is 0 Å². The van der Waals surface area contributed by atoms with Crippen LogP contribution in [-0.2, 0) is 0 Å². The maximum Gasteiger partial charge on any atom is 0.131 e. The highest BCUT2D eigenvalue weighted by atomic mass is 32.1. The molecule has 1 nitrogen and oxygen atoms in total. The van der Waals surface area contributed by atoms with Gasteiger partial charge in [0, 0.05) is 6.42 Å². The summed E-state index contributed by atoms with van der Waals surface area (Å²) in [5.74, 6) is 6.32. The minimum Gasteiger partial charge on any atom is -0.213 e. The molecule has 1 rings (SSSR count). The van der Waals surface area contributed by atoms with Crippen LogP contribution in [0.25, 0.3) is 0 Å². The molecule has 0 radical (unpaired) electrons. The van der Waals surface area contributed by atoms with E-state index >= 15 is 0 Å². The van der Waals surface area contributed by atoms with Crippen LogP contribution in [0.5, 0.6) is 0 Å². The Hall–Kier alpha value is -0.640. The van der Waals surface area contributed by atoms with Crippen molar-refractivity contribution in [1.82, 2.24) is 0 Å². The van der Waals surface area contributed by atoms with Gasteiger partial charge in [-0.05, 0) is 37.9 Å². The Morgan fingerprint density at radius 1 is 1.50 bits per heavy atom. The largest absolute Gasteiger partial charge is 0.213 e. The fourth-order valence-corrected chi connectivity index (χ4v) is 1.39. The zero-order valence-electron chi connectivity index (χ0n) is 7.39. The topological polar surface area (TPSA) is 12.4 Å². The summed E-state index contributed by atoms with van der Waals surface area (Å²) < 4.78 is 0. The van der Waals surface area contributed by atoms with Gasteiger partial charge in [0.15, 0.2) is 0 Å². The normalized spacial score (nSPS) is 18.1. The van der Waals surface area contributed by atoms with E-state index < -0.39 is 0 Å². The van der Waals surface area contributed by atoms with E-state index in [4.69, 9.17) is 0 Å². The summed E-state index contributed by atoms with van der Waals surface area (Å²) in [6, 6.07) is 0. The summed E-state index contributed by atoms with van der Waals surface area (Å²) in [5.41, 5.74) is -0.128. The first-order valence-corrected chi connectivity index (χ1v) is 4.83. The molecule has 0 aromatic carbocycles. The average Bonchev–Trinajstić information content (AvgIpc) is 2.00. The van der Waals surface area contributed by atoms with Gasteiger partial charge in [-0.25, -0.2) is 4.99 Å². The van der Waals surface area contributed by atoms with Crippen LogP contribution in [0.3, 0.4) is 0 Å². The number of unbranched alkanes of at least 4 members (excludes halogenated alkanes) is 1. The molecule has 0 heterocycles. The maximum atomic E-state index is 4.59. The predicted molar refractivity (Wildman–Crippen MR) is 54.3 cm³/mol. The van der Waals surface area contributed by atoms with Crippen LogP contribution in [-0.4, -0.2) is 10.7 Å². The lowest BCUT2D eigenvalue weighted by Gasteiger charge is -2.31. The Labute approximate surface area is 79.3 Å². The van der Waals surface area contributed by atoms with Crippen LogP contribution in [0.4, 0.5) is 0 Å². The maximum absolute atomic E-state index is 4.59. The van der Waals surface area contributed by atoms with Crippen molar-refractivity contribution in [3.05, 3.63) is 0 Å². The van der Waals surface area contributed by atoms with Crippen molar-refractivity contribution in [3.63, 3.8) is 0 Å². The number of aliphatic imine (C=N–C) groups is 1. The third kappa shape index (κ3) is 2.17. The van der Waals surface area contributed by atoms with Gasteiger partial charge in [0.25, 0.3) is 0 Å². The fraction of sp³-hybridized carbons (Fsp3) is 0.700. The minimum absolute atomic E-state index is 0.128. The van der Waals surface area contributed by atoms with Crippen molar-refractivity contribution in [2.45, 2.75) is 44.6 Å². The zero-order valence-corrected chi connectivity index (χ0v) is 8.21. The lowest BCUT2D eigenvalue weighted by atomic mass is 9.78. The molecule has 1 aliphatic rings. The summed E-state index contributed by atoms with van der Waals surface area (Å²) in [5, 5.41) is 2.44. The molecule has 0 amide bonds. The molecule has 1 aliphatic carbocycles. The van der Waals surface area contributed by atoms with E-state index in [0.29, 0.717) is 0 Å². The fourth-order valence-electron chi connectivity index (χ4n) is 1.22. The first kappa shape index (κ1) is 9.45. The van der Waals surface area contributed by atoms with E-state index in [1.807, 2.05) is 0 Å². The number of isothiocyanates is 1. The quantitative estimate of drug-likeness (QED) is 0.361. The molecule has 1 saturated carbocycles. The van der Waals surface area contributed by atoms with Crippen molar-refractivity contribution in [2.24, 2.45) is 4.99 Å². The first-order valence-electron chi connectivity index (χ1n) is 4.42. The molecule has 0 N–H and O–H groups in total. The van der Waals surface area contributed by atoms with Gasteiger partial charge in [-0.15, -0.1) is 5.92 Å². The zero-order chi connectivity index (χ0) is 8.86. The van der Waals surface area contributed by atoms with E-state index in [2.05, 4.69) is 41.1 Å². The molecular formula is C10H13NS. The van der Waals surface area contributed by atoms with Crippen molar-refractivity contribution in [2.75, 3.05) is 0 Å². The van der Waals surface area contributed by atoms with E-state index in [1.165, 1.54) is 6.42 Å². The van der Waals surface area contributed by atoms with Crippen LogP contribution < -0.4 is 0 Å². The third-order valence-electron chi connectivity index (χ3n) is 2.14.